The van der Waals surface area contributed by atoms with Gasteiger partial charge in [0.25, 0.3) is 0 Å². The van der Waals surface area contributed by atoms with Crippen LogP contribution in [0.3, 0.4) is 0 Å². The monoisotopic (exact) mass is 266 g/mol. The third kappa shape index (κ3) is 2.78. The molecule has 4 heteroatoms. The molecule has 0 bridgehead atoms. The molecule has 1 aliphatic carbocycles. The lowest BCUT2D eigenvalue weighted by Crippen LogP contribution is -2.38. The summed E-state index contributed by atoms with van der Waals surface area (Å²) in [4.78, 5) is 12.4. The van der Waals surface area contributed by atoms with E-state index in [4.69, 9.17) is 4.74 Å². The number of hydrogen-bond donors (Lipinski definition) is 1. The molecular formula is C15H19FO3. The molecule has 0 amide bonds. The normalized spacial score (nSPS) is 18.7. The number of methoxy groups -OCH3 is 1. The second kappa shape index (κ2) is 5.70. The summed E-state index contributed by atoms with van der Waals surface area (Å²) in [5.74, 6) is -1.18. The SMILES string of the molecule is COc1cccc(C(=O)C2(O)CCCCCC2)c1F. The van der Waals surface area contributed by atoms with Crippen LogP contribution in [0.15, 0.2) is 18.2 Å². The summed E-state index contributed by atoms with van der Waals surface area (Å²) in [5, 5.41) is 10.5. The van der Waals surface area contributed by atoms with Crippen molar-refractivity contribution >= 4 is 5.78 Å². The van der Waals surface area contributed by atoms with Gasteiger partial charge in [-0.15, -0.1) is 0 Å². The van der Waals surface area contributed by atoms with Gasteiger partial charge >= 0.3 is 0 Å². The van der Waals surface area contributed by atoms with E-state index in [1.807, 2.05) is 0 Å². The van der Waals surface area contributed by atoms with Crippen molar-refractivity contribution in [2.45, 2.75) is 44.1 Å². The number of hydrogen-bond acceptors (Lipinski definition) is 3. The molecule has 104 valence electrons. The molecule has 0 radical (unpaired) electrons. The number of halogens is 1. The van der Waals surface area contributed by atoms with Gasteiger partial charge in [0.05, 0.1) is 12.7 Å². The van der Waals surface area contributed by atoms with Gasteiger partial charge in [0, 0.05) is 0 Å². The number of benzene rings is 1. The zero-order valence-corrected chi connectivity index (χ0v) is 11.1. The van der Waals surface area contributed by atoms with Crippen LogP contribution in [0.4, 0.5) is 4.39 Å². The maximum absolute atomic E-state index is 14.1. The minimum Gasteiger partial charge on any atom is -0.494 e. The van der Waals surface area contributed by atoms with Gasteiger partial charge in [0.15, 0.2) is 17.3 Å². The molecule has 1 aromatic carbocycles. The van der Waals surface area contributed by atoms with E-state index in [0.717, 1.165) is 25.7 Å². The van der Waals surface area contributed by atoms with E-state index in [2.05, 4.69) is 0 Å². The average Bonchev–Trinajstić information content (AvgIpc) is 2.64. The maximum atomic E-state index is 14.1. The van der Waals surface area contributed by atoms with E-state index in [1.165, 1.54) is 19.2 Å². The molecule has 1 aromatic rings. The number of carbonyl (C=O) groups is 1. The van der Waals surface area contributed by atoms with Gasteiger partial charge in [-0.25, -0.2) is 4.39 Å². The fraction of sp³-hybridized carbons (Fsp3) is 0.533. The van der Waals surface area contributed by atoms with Crippen LogP contribution >= 0.6 is 0 Å². The predicted octanol–water partition coefficient (Wildman–Crippen LogP) is 3.10. The number of ketones is 1. The Kier molecular flexibility index (Phi) is 4.20. The largest absolute Gasteiger partial charge is 0.494 e. The van der Waals surface area contributed by atoms with Gasteiger partial charge in [-0.3, -0.25) is 4.79 Å². The first-order valence-electron chi connectivity index (χ1n) is 6.68. The molecule has 1 N–H and O–H groups in total. The summed E-state index contributed by atoms with van der Waals surface area (Å²) in [5.41, 5.74) is -1.51. The number of aliphatic hydroxyl groups is 1. The van der Waals surface area contributed by atoms with Crippen molar-refractivity contribution in [3.05, 3.63) is 29.6 Å². The first kappa shape index (κ1) is 14.0. The highest BCUT2D eigenvalue weighted by molar-refractivity contribution is 6.02. The molecule has 1 aliphatic rings. The molecule has 3 nitrogen and oxygen atoms in total. The van der Waals surface area contributed by atoms with Crippen molar-refractivity contribution in [3.8, 4) is 5.75 Å². The summed E-state index contributed by atoms with van der Waals surface area (Å²) in [7, 11) is 1.35. The predicted molar refractivity (Wildman–Crippen MR) is 69.9 cm³/mol. The van der Waals surface area contributed by atoms with E-state index < -0.39 is 17.2 Å². The topological polar surface area (TPSA) is 46.5 Å². The first-order valence-corrected chi connectivity index (χ1v) is 6.68. The fourth-order valence-corrected chi connectivity index (χ4v) is 2.63. The van der Waals surface area contributed by atoms with Crippen molar-refractivity contribution in [2.75, 3.05) is 7.11 Å². The highest BCUT2D eigenvalue weighted by atomic mass is 19.1. The average molecular weight is 266 g/mol. The summed E-state index contributed by atoms with van der Waals surface area (Å²) in [6.45, 7) is 0. The molecule has 1 fully saturated rings. The Morgan fingerprint density at radius 1 is 1.26 bits per heavy atom. The van der Waals surface area contributed by atoms with Gasteiger partial charge in [-0.1, -0.05) is 31.7 Å². The van der Waals surface area contributed by atoms with Gasteiger partial charge in [-0.05, 0) is 25.0 Å². The lowest BCUT2D eigenvalue weighted by Gasteiger charge is -2.25. The summed E-state index contributed by atoms with van der Waals surface area (Å²) in [6.07, 6.45) is 4.43. The Labute approximate surface area is 112 Å². The Hall–Kier alpha value is -1.42. The standard InChI is InChI=1S/C15H19FO3/c1-19-12-8-6-7-11(13(12)16)14(17)15(18)9-4-2-3-5-10-15/h6-8,18H,2-5,9-10H2,1H3. The van der Waals surface area contributed by atoms with Crippen LogP contribution in [0.2, 0.25) is 0 Å². The molecule has 0 spiro atoms. The van der Waals surface area contributed by atoms with E-state index in [9.17, 15) is 14.3 Å². The zero-order valence-electron chi connectivity index (χ0n) is 11.1. The van der Waals surface area contributed by atoms with Crippen molar-refractivity contribution < 1.29 is 19.0 Å². The van der Waals surface area contributed by atoms with Crippen molar-refractivity contribution in [1.29, 1.82) is 0 Å². The van der Waals surface area contributed by atoms with Crippen molar-refractivity contribution in [3.63, 3.8) is 0 Å². The highest BCUT2D eigenvalue weighted by Crippen LogP contribution is 2.32. The van der Waals surface area contributed by atoms with E-state index in [-0.39, 0.29) is 11.3 Å². The molecule has 0 unspecified atom stereocenters. The fourth-order valence-electron chi connectivity index (χ4n) is 2.63. The van der Waals surface area contributed by atoms with Gasteiger partial charge < -0.3 is 9.84 Å². The third-order valence-corrected chi connectivity index (χ3v) is 3.78. The molecule has 0 atom stereocenters. The first-order chi connectivity index (χ1) is 9.08. The van der Waals surface area contributed by atoms with E-state index >= 15 is 0 Å². The minimum absolute atomic E-state index is 0.0306. The second-order valence-corrected chi connectivity index (χ2v) is 5.10. The minimum atomic E-state index is -1.43. The molecule has 19 heavy (non-hydrogen) atoms. The third-order valence-electron chi connectivity index (χ3n) is 3.78. The molecule has 0 aliphatic heterocycles. The van der Waals surface area contributed by atoms with E-state index in [0.29, 0.717) is 12.8 Å². The maximum Gasteiger partial charge on any atom is 0.197 e. The van der Waals surface area contributed by atoms with Crippen LogP contribution in [0.5, 0.6) is 5.75 Å². The molecule has 0 saturated heterocycles. The highest BCUT2D eigenvalue weighted by Gasteiger charge is 2.38. The molecular weight excluding hydrogens is 247 g/mol. The lowest BCUT2D eigenvalue weighted by molar-refractivity contribution is 0.0233. The van der Waals surface area contributed by atoms with Crippen molar-refractivity contribution in [1.82, 2.24) is 0 Å². The summed E-state index contributed by atoms with van der Waals surface area (Å²) >= 11 is 0. The molecule has 0 heterocycles. The summed E-state index contributed by atoms with van der Waals surface area (Å²) in [6, 6.07) is 4.43. The smallest absolute Gasteiger partial charge is 0.197 e. The molecule has 0 aromatic heterocycles. The Bertz CT molecular complexity index is 462. The Morgan fingerprint density at radius 3 is 2.47 bits per heavy atom. The van der Waals surface area contributed by atoms with Gasteiger partial charge in [0.2, 0.25) is 0 Å². The van der Waals surface area contributed by atoms with E-state index in [1.54, 1.807) is 6.07 Å². The molecule has 2 rings (SSSR count). The van der Waals surface area contributed by atoms with Crippen LogP contribution in [0.1, 0.15) is 48.9 Å². The number of carbonyl (C=O) groups excluding carboxylic acids is 1. The lowest BCUT2D eigenvalue weighted by atomic mass is 9.86. The van der Waals surface area contributed by atoms with Crippen LogP contribution in [-0.4, -0.2) is 23.6 Å². The van der Waals surface area contributed by atoms with Crippen LogP contribution in [-0.2, 0) is 0 Å². The van der Waals surface area contributed by atoms with Crippen LogP contribution < -0.4 is 4.74 Å². The quantitative estimate of drug-likeness (QED) is 0.675. The van der Waals surface area contributed by atoms with Gasteiger partial charge in [0.1, 0.15) is 5.60 Å². The second-order valence-electron chi connectivity index (χ2n) is 5.10. The van der Waals surface area contributed by atoms with Gasteiger partial charge in [-0.2, -0.15) is 0 Å². The van der Waals surface area contributed by atoms with Crippen molar-refractivity contribution in [2.24, 2.45) is 0 Å². The summed E-state index contributed by atoms with van der Waals surface area (Å²) < 4.78 is 19.0. The van der Waals surface area contributed by atoms with Crippen LogP contribution in [0, 0.1) is 5.82 Å². The number of ether oxygens (including phenoxy) is 1. The Morgan fingerprint density at radius 2 is 1.89 bits per heavy atom. The van der Waals surface area contributed by atoms with Crippen LogP contribution in [0.25, 0.3) is 0 Å². The Balaban J connectivity index is 2.32. The number of rotatable bonds is 3. The zero-order chi connectivity index (χ0) is 13.9. The number of Topliss-reactive ketones (excluding diaryl/α,β-unsaturated/α-hetero) is 1. The molecule has 1 saturated carbocycles.